The molecule has 5 heteroatoms. The molecule has 0 spiro atoms. The molecule has 0 saturated carbocycles. The first-order valence-electron chi connectivity index (χ1n) is 7.52. The standard InChI is InChI=1S/C16H24N2O.2ClH/c1-2-4-14(5-3-1)16(15-6-12-19-13-7-15)18-10-8-17-9-11-18;;/h1-5,15-17H,6-13H2;2*1H/t16-;;/m0../s1. The Morgan fingerprint density at radius 2 is 1.62 bits per heavy atom. The van der Waals surface area contributed by atoms with Gasteiger partial charge in [0.2, 0.25) is 0 Å². The van der Waals surface area contributed by atoms with Crippen LogP contribution >= 0.6 is 24.8 Å². The van der Waals surface area contributed by atoms with Gasteiger partial charge >= 0.3 is 0 Å². The van der Waals surface area contributed by atoms with Crippen molar-refractivity contribution in [1.29, 1.82) is 0 Å². The molecule has 3 nitrogen and oxygen atoms in total. The Balaban J connectivity index is 0.00000110. The van der Waals surface area contributed by atoms with E-state index in [1.165, 1.54) is 18.4 Å². The van der Waals surface area contributed by atoms with Gasteiger partial charge in [-0.15, -0.1) is 24.8 Å². The lowest BCUT2D eigenvalue weighted by Gasteiger charge is -2.41. The summed E-state index contributed by atoms with van der Waals surface area (Å²) < 4.78 is 5.54. The van der Waals surface area contributed by atoms with Crippen molar-refractivity contribution in [1.82, 2.24) is 10.2 Å². The molecular formula is C16H26Cl2N2O. The van der Waals surface area contributed by atoms with Crippen LogP contribution in [0.2, 0.25) is 0 Å². The van der Waals surface area contributed by atoms with Gasteiger partial charge in [-0.1, -0.05) is 30.3 Å². The van der Waals surface area contributed by atoms with E-state index in [4.69, 9.17) is 4.74 Å². The molecule has 0 unspecified atom stereocenters. The summed E-state index contributed by atoms with van der Waals surface area (Å²) in [4.78, 5) is 2.67. The van der Waals surface area contributed by atoms with Gasteiger partial charge in [-0.05, 0) is 24.3 Å². The van der Waals surface area contributed by atoms with Crippen molar-refractivity contribution < 1.29 is 4.74 Å². The zero-order valence-corrected chi connectivity index (χ0v) is 14.0. The van der Waals surface area contributed by atoms with Gasteiger partial charge in [0.15, 0.2) is 0 Å². The van der Waals surface area contributed by atoms with E-state index in [9.17, 15) is 0 Å². The fourth-order valence-corrected chi connectivity index (χ4v) is 3.42. The Bertz CT molecular complexity index is 361. The Morgan fingerprint density at radius 3 is 2.24 bits per heavy atom. The molecule has 2 heterocycles. The Kier molecular flexibility index (Phi) is 8.60. The molecular weight excluding hydrogens is 307 g/mol. The van der Waals surface area contributed by atoms with Crippen LogP contribution in [0.4, 0.5) is 0 Å². The predicted octanol–water partition coefficient (Wildman–Crippen LogP) is 2.90. The van der Waals surface area contributed by atoms with Gasteiger partial charge in [-0.3, -0.25) is 4.90 Å². The lowest BCUT2D eigenvalue weighted by atomic mass is 9.85. The second-order valence-electron chi connectivity index (χ2n) is 5.59. The zero-order chi connectivity index (χ0) is 12.9. The molecule has 1 atom stereocenters. The highest BCUT2D eigenvalue weighted by atomic mass is 35.5. The molecule has 2 aliphatic rings. The summed E-state index contributed by atoms with van der Waals surface area (Å²) in [7, 11) is 0. The highest BCUT2D eigenvalue weighted by Crippen LogP contribution is 2.35. The first-order valence-corrected chi connectivity index (χ1v) is 7.52. The van der Waals surface area contributed by atoms with Crippen LogP contribution in [-0.4, -0.2) is 44.3 Å². The first kappa shape index (κ1) is 18.7. The minimum atomic E-state index is 0. The number of rotatable bonds is 3. The molecule has 120 valence electrons. The summed E-state index contributed by atoms with van der Waals surface area (Å²) >= 11 is 0. The van der Waals surface area contributed by atoms with Crippen molar-refractivity contribution in [2.24, 2.45) is 5.92 Å². The normalized spacial score (nSPS) is 21.9. The summed E-state index contributed by atoms with van der Waals surface area (Å²) in [5.74, 6) is 0.745. The first-order chi connectivity index (χ1) is 9.45. The van der Waals surface area contributed by atoms with Crippen LogP contribution in [0.5, 0.6) is 0 Å². The van der Waals surface area contributed by atoms with E-state index < -0.39 is 0 Å². The minimum absolute atomic E-state index is 0. The topological polar surface area (TPSA) is 24.5 Å². The second kappa shape index (κ2) is 9.65. The molecule has 2 saturated heterocycles. The molecule has 1 aromatic carbocycles. The highest BCUT2D eigenvalue weighted by molar-refractivity contribution is 5.85. The van der Waals surface area contributed by atoms with Crippen LogP contribution in [0.25, 0.3) is 0 Å². The van der Waals surface area contributed by atoms with Gasteiger partial charge in [-0.2, -0.15) is 0 Å². The maximum Gasteiger partial charge on any atom is 0.0469 e. The predicted molar refractivity (Wildman–Crippen MR) is 91.7 cm³/mol. The number of hydrogen-bond acceptors (Lipinski definition) is 3. The monoisotopic (exact) mass is 332 g/mol. The van der Waals surface area contributed by atoms with Crippen molar-refractivity contribution in [3.63, 3.8) is 0 Å². The average molecular weight is 333 g/mol. The van der Waals surface area contributed by atoms with Crippen molar-refractivity contribution in [2.45, 2.75) is 18.9 Å². The van der Waals surface area contributed by atoms with Crippen molar-refractivity contribution in [3.05, 3.63) is 35.9 Å². The Morgan fingerprint density at radius 1 is 1.00 bits per heavy atom. The molecule has 0 aromatic heterocycles. The lowest BCUT2D eigenvalue weighted by Crippen LogP contribution is -2.47. The third kappa shape index (κ3) is 4.83. The maximum absolute atomic E-state index is 5.54. The van der Waals surface area contributed by atoms with E-state index in [1.54, 1.807) is 0 Å². The van der Waals surface area contributed by atoms with E-state index in [0.717, 1.165) is 45.3 Å². The van der Waals surface area contributed by atoms with Gasteiger partial charge in [0.1, 0.15) is 0 Å². The highest BCUT2D eigenvalue weighted by Gasteiger charge is 2.30. The van der Waals surface area contributed by atoms with Gasteiger partial charge in [-0.25, -0.2) is 0 Å². The van der Waals surface area contributed by atoms with Crippen molar-refractivity contribution in [3.8, 4) is 0 Å². The van der Waals surface area contributed by atoms with E-state index in [2.05, 4.69) is 40.5 Å². The second-order valence-corrected chi connectivity index (χ2v) is 5.59. The van der Waals surface area contributed by atoms with Crippen molar-refractivity contribution in [2.75, 3.05) is 39.4 Å². The molecule has 1 aromatic rings. The van der Waals surface area contributed by atoms with Crippen LogP contribution in [-0.2, 0) is 4.74 Å². The quantitative estimate of drug-likeness (QED) is 0.921. The molecule has 2 fully saturated rings. The van der Waals surface area contributed by atoms with Crippen LogP contribution < -0.4 is 5.32 Å². The van der Waals surface area contributed by atoms with Crippen LogP contribution in [0.3, 0.4) is 0 Å². The fraction of sp³-hybridized carbons (Fsp3) is 0.625. The number of benzene rings is 1. The summed E-state index contributed by atoms with van der Waals surface area (Å²) in [6, 6.07) is 11.6. The summed E-state index contributed by atoms with van der Waals surface area (Å²) in [5, 5.41) is 3.46. The average Bonchev–Trinajstić information content (AvgIpc) is 2.51. The molecule has 2 aliphatic heterocycles. The third-order valence-corrected chi connectivity index (χ3v) is 4.40. The maximum atomic E-state index is 5.54. The third-order valence-electron chi connectivity index (χ3n) is 4.40. The molecule has 0 radical (unpaired) electrons. The van der Waals surface area contributed by atoms with Crippen LogP contribution in [0, 0.1) is 5.92 Å². The van der Waals surface area contributed by atoms with E-state index >= 15 is 0 Å². The Hall–Kier alpha value is -0.320. The van der Waals surface area contributed by atoms with Gasteiger partial charge in [0.25, 0.3) is 0 Å². The van der Waals surface area contributed by atoms with Crippen LogP contribution in [0.1, 0.15) is 24.4 Å². The Labute approximate surface area is 140 Å². The number of nitrogens with zero attached hydrogens (tertiary/aromatic N) is 1. The number of piperazine rings is 1. The molecule has 21 heavy (non-hydrogen) atoms. The molecule has 0 bridgehead atoms. The fourth-order valence-electron chi connectivity index (χ4n) is 3.42. The summed E-state index contributed by atoms with van der Waals surface area (Å²) in [6.45, 7) is 6.42. The molecule has 1 N–H and O–H groups in total. The number of halogens is 2. The number of hydrogen-bond donors (Lipinski definition) is 1. The van der Waals surface area contributed by atoms with E-state index in [0.29, 0.717) is 6.04 Å². The van der Waals surface area contributed by atoms with Crippen LogP contribution in [0.15, 0.2) is 30.3 Å². The van der Waals surface area contributed by atoms with Crippen molar-refractivity contribution >= 4 is 24.8 Å². The van der Waals surface area contributed by atoms with E-state index in [1.807, 2.05) is 0 Å². The molecule has 3 rings (SSSR count). The van der Waals surface area contributed by atoms with Gasteiger partial charge in [0, 0.05) is 45.4 Å². The summed E-state index contributed by atoms with van der Waals surface area (Å²) in [5.41, 5.74) is 1.48. The number of ether oxygens (including phenoxy) is 1. The number of nitrogens with one attached hydrogen (secondary N) is 1. The SMILES string of the molecule is Cl.Cl.c1ccc([C@@H](C2CCOCC2)N2CCNCC2)cc1. The zero-order valence-electron chi connectivity index (χ0n) is 12.4. The van der Waals surface area contributed by atoms with Gasteiger partial charge in [0.05, 0.1) is 0 Å². The lowest BCUT2D eigenvalue weighted by molar-refractivity contribution is 0.0213. The minimum Gasteiger partial charge on any atom is -0.381 e. The smallest absolute Gasteiger partial charge is 0.0469 e. The molecule has 0 amide bonds. The van der Waals surface area contributed by atoms with Gasteiger partial charge < -0.3 is 10.1 Å². The summed E-state index contributed by atoms with van der Waals surface area (Å²) in [6.07, 6.45) is 2.40. The van der Waals surface area contributed by atoms with E-state index in [-0.39, 0.29) is 24.8 Å². The molecule has 0 aliphatic carbocycles. The largest absolute Gasteiger partial charge is 0.381 e.